The van der Waals surface area contributed by atoms with Crippen LogP contribution in [0.4, 0.5) is 11.6 Å². The highest BCUT2D eigenvalue weighted by Crippen LogP contribution is 2.21. The van der Waals surface area contributed by atoms with Gasteiger partial charge in [-0.1, -0.05) is 0 Å². The predicted molar refractivity (Wildman–Crippen MR) is 81.2 cm³/mol. The second-order valence-corrected chi connectivity index (χ2v) is 5.22. The van der Waals surface area contributed by atoms with Gasteiger partial charge in [-0.3, -0.25) is 0 Å². The smallest absolute Gasteiger partial charge is 0.158 e. The lowest BCUT2D eigenvalue weighted by Gasteiger charge is -2.39. The van der Waals surface area contributed by atoms with E-state index in [0.717, 1.165) is 37.1 Å². The van der Waals surface area contributed by atoms with Crippen LogP contribution < -0.4 is 10.2 Å². The number of rotatable bonds is 5. The third kappa shape index (κ3) is 3.58. The highest BCUT2D eigenvalue weighted by atomic mass is 16.5. The minimum atomic E-state index is 0.452. The third-order valence-electron chi connectivity index (χ3n) is 3.58. The molecular formula is C14H25N5O. The maximum Gasteiger partial charge on any atom is 0.158 e. The largest absolute Gasteiger partial charge is 0.374 e. The highest BCUT2D eigenvalue weighted by molar-refractivity contribution is 5.50. The van der Waals surface area contributed by atoms with Crippen molar-refractivity contribution in [2.24, 2.45) is 0 Å². The molecule has 20 heavy (non-hydrogen) atoms. The molecule has 6 nitrogen and oxygen atoms in total. The van der Waals surface area contributed by atoms with Crippen molar-refractivity contribution in [3.8, 4) is 0 Å². The third-order valence-corrected chi connectivity index (χ3v) is 3.58. The van der Waals surface area contributed by atoms with Gasteiger partial charge in [-0.15, -0.1) is 0 Å². The summed E-state index contributed by atoms with van der Waals surface area (Å²) in [5, 5.41) is 3.10. The Bertz CT molecular complexity index is 440. The maximum absolute atomic E-state index is 5.43. The van der Waals surface area contributed by atoms with Gasteiger partial charge in [0, 0.05) is 45.4 Å². The zero-order valence-electron chi connectivity index (χ0n) is 12.9. The Hall–Kier alpha value is -1.40. The Labute approximate surface area is 121 Å². The molecule has 1 aliphatic heterocycles. The normalized spacial score (nSPS) is 20.2. The second-order valence-electron chi connectivity index (χ2n) is 5.22. The van der Waals surface area contributed by atoms with Crippen LogP contribution in [0, 0.1) is 0 Å². The van der Waals surface area contributed by atoms with Crippen molar-refractivity contribution in [1.82, 2.24) is 14.9 Å². The molecule has 0 aromatic carbocycles. The maximum atomic E-state index is 5.43. The van der Waals surface area contributed by atoms with Gasteiger partial charge in [0.1, 0.15) is 18.2 Å². The minimum Gasteiger partial charge on any atom is -0.374 e. The SMILES string of the molecule is CCOCc1nc(NC)cc(N2CCN(C)CC2C)n1. The summed E-state index contributed by atoms with van der Waals surface area (Å²) in [6.45, 7) is 8.45. The van der Waals surface area contributed by atoms with Crippen molar-refractivity contribution in [3.63, 3.8) is 0 Å². The second kappa shape index (κ2) is 6.85. The summed E-state index contributed by atoms with van der Waals surface area (Å²) in [7, 11) is 4.04. The standard InChI is InChI=1S/C14H25N5O/c1-5-20-10-13-16-12(15-3)8-14(17-13)19-7-6-18(4)9-11(19)2/h8,11H,5-7,9-10H2,1-4H3,(H,15,16,17). The summed E-state index contributed by atoms with van der Waals surface area (Å²) in [5.74, 6) is 2.57. The summed E-state index contributed by atoms with van der Waals surface area (Å²) < 4.78 is 5.43. The van der Waals surface area contributed by atoms with E-state index in [9.17, 15) is 0 Å². The van der Waals surface area contributed by atoms with Gasteiger partial charge in [-0.25, -0.2) is 9.97 Å². The van der Waals surface area contributed by atoms with Crippen LogP contribution in [-0.4, -0.2) is 61.2 Å². The van der Waals surface area contributed by atoms with E-state index in [1.165, 1.54) is 0 Å². The van der Waals surface area contributed by atoms with Gasteiger partial charge in [-0.2, -0.15) is 0 Å². The number of hydrogen-bond acceptors (Lipinski definition) is 6. The predicted octanol–water partition coefficient (Wildman–Crippen LogP) is 1.20. The summed E-state index contributed by atoms with van der Waals surface area (Å²) in [6.07, 6.45) is 0. The number of likely N-dealkylation sites (N-methyl/N-ethyl adjacent to an activating group) is 1. The molecule has 1 N–H and O–H groups in total. The number of ether oxygens (including phenoxy) is 1. The molecule has 1 aliphatic rings. The van der Waals surface area contributed by atoms with Crippen molar-refractivity contribution in [2.45, 2.75) is 26.5 Å². The van der Waals surface area contributed by atoms with Crippen LogP contribution in [0.2, 0.25) is 0 Å². The van der Waals surface area contributed by atoms with E-state index in [1.54, 1.807) is 0 Å². The van der Waals surface area contributed by atoms with Crippen LogP contribution in [0.5, 0.6) is 0 Å². The van der Waals surface area contributed by atoms with E-state index in [4.69, 9.17) is 4.74 Å². The molecule has 112 valence electrons. The van der Waals surface area contributed by atoms with Gasteiger partial charge in [0.15, 0.2) is 5.82 Å². The molecule has 0 bridgehead atoms. The topological polar surface area (TPSA) is 53.5 Å². The van der Waals surface area contributed by atoms with E-state index in [-0.39, 0.29) is 0 Å². The van der Waals surface area contributed by atoms with Gasteiger partial charge in [0.25, 0.3) is 0 Å². The Morgan fingerprint density at radius 1 is 1.40 bits per heavy atom. The molecule has 0 aliphatic carbocycles. The lowest BCUT2D eigenvalue weighted by Crippen LogP contribution is -2.50. The van der Waals surface area contributed by atoms with Crippen LogP contribution >= 0.6 is 0 Å². The average molecular weight is 279 g/mol. The first-order valence-corrected chi connectivity index (χ1v) is 7.22. The van der Waals surface area contributed by atoms with Crippen molar-refractivity contribution >= 4 is 11.6 Å². The molecule has 0 amide bonds. The van der Waals surface area contributed by atoms with Crippen LogP contribution in [0.1, 0.15) is 19.7 Å². The van der Waals surface area contributed by atoms with Crippen molar-refractivity contribution in [1.29, 1.82) is 0 Å². The summed E-state index contributed by atoms with van der Waals surface area (Å²) in [4.78, 5) is 13.8. The minimum absolute atomic E-state index is 0.452. The number of nitrogens with zero attached hydrogens (tertiary/aromatic N) is 4. The Morgan fingerprint density at radius 2 is 2.20 bits per heavy atom. The monoisotopic (exact) mass is 279 g/mol. The molecule has 1 fully saturated rings. The lowest BCUT2D eigenvalue weighted by molar-refractivity contribution is 0.128. The summed E-state index contributed by atoms with van der Waals surface area (Å²) in [5.41, 5.74) is 0. The molecule has 1 atom stereocenters. The van der Waals surface area contributed by atoms with Crippen LogP contribution in [-0.2, 0) is 11.3 Å². The van der Waals surface area contributed by atoms with E-state index in [2.05, 4.69) is 39.1 Å². The van der Waals surface area contributed by atoms with E-state index in [1.807, 2.05) is 20.0 Å². The van der Waals surface area contributed by atoms with Crippen LogP contribution in [0.15, 0.2) is 6.07 Å². The lowest BCUT2D eigenvalue weighted by atomic mass is 10.2. The molecule has 0 spiro atoms. The first-order valence-electron chi connectivity index (χ1n) is 7.22. The Morgan fingerprint density at radius 3 is 2.85 bits per heavy atom. The zero-order chi connectivity index (χ0) is 14.5. The first kappa shape index (κ1) is 15.0. The molecule has 1 unspecified atom stereocenters. The Kier molecular flexibility index (Phi) is 5.14. The fraction of sp³-hybridized carbons (Fsp3) is 0.714. The fourth-order valence-electron chi connectivity index (χ4n) is 2.50. The van der Waals surface area contributed by atoms with Crippen molar-refractivity contribution in [2.75, 3.05) is 50.6 Å². The molecule has 6 heteroatoms. The molecule has 0 saturated carbocycles. The molecule has 2 rings (SSSR count). The number of piperazine rings is 1. The molecule has 0 radical (unpaired) electrons. The van der Waals surface area contributed by atoms with Crippen LogP contribution in [0.3, 0.4) is 0 Å². The molecular weight excluding hydrogens is 254 g/mol. The number of hydrogen-bond donors (Lipinski definition) is 1. The number of anilines is 2. The molecule has 1 saturated heterocycles. The number of nitrogens with one attached hydrogen (secondary N) is 1. The fourth-order valence-corrected chi connectivity index (χ4v) is 2.50. The van der Waals surface area contributed by atoms with Crippen molar-refractivity contribution in [3.05, 3.63) is 11.9 Å². The van der Waals surface area contributed by atoms with Gasteiger partial charge >= 0.3 is 0 Å². The number of aromatic nitrogens is 2. The van der Waals surface area contributed by atoms with Gasteiger partial charge in [0.2, 0.25) is 0 Å². The molecule has 1 aromatic heterocycles. The van der Waals surface area contributed by atoms with Gasteiger partial charge < -0.3 is 19.9 Å². The van der Waals surface area contributed by atoms with Gasteiger partial charge in [0.05, 0.1) is 0 Å². The van der Waals surface area contributed by atoms with E-state index in [0.29, 0.717) is 19.3 Å². The average Bonchev–Trinajstić information content (AvgIpc) is 2.44. The molecule has 1 aromatic rings. The highest BCUT2D eigenvalue weighted by Gasteiger charge is 2.23. The summed E-state index contributed by atoms with van der Waals surface area (Å²) >= 11 is 0. The van der Waals surface area contributed by atoms with E-state index >= 15 is 0 Å². The van der Waals surface area contributed by atoms with Gasteiger partial charge in [-0.05, 0) is 20.9 Å². The quantitative estimate of drug-likeness (QED) is 0.874. The van der Waals surface area contributed by atoms with Crippen LogP contribution in [0.25, 0.3) is 0 Å². The first-order chi connectivity index (χ1) is 9.63. The zero-order valence-corrected chi connectivity index (χ0v) is 12.9. The molecule has 2 heterocycles. The van der Waals surface area contributed by atoms with Crippen molar-refractivity contribution < 1.29 is 4.74 Å². The van der Waals surface area contributed by atoms with E-state index < -0.39 is 0 Å². The summed E-state index contributed by atoms with van der Waals surface area (Å²) in [6, 6.07) is 2.46. The Balaban J connectivity index is 2.21.